The average molecular weight is 400 g/mol. The minimum absolute atomic E-state index is 0.0694. The van der Waals surface area contributed by atoms with E-state index in [1.807, 2.05) is 0 Å². The van der Waals surface area contributed by atoms with E-state index in [2.05, 4.69) is 0 Å². The number of hydrogen-bond acceptors (Lipinski definition) is 4. The zero-order valence-electron chi connectivity index (χ0n) is 13.9. The van der Waals surface area contributed by atoms with Crippen LogP contribution in [-0.2, 0) is 20.9 Å². The van der Waals surface area contributed by atoms with Gasteiger partial charge in [0.2, 0.25) is 0 Å². The van der Waals surface area contributed by atoms with Crippen molar-refractivity contribution >= 4 is 35.1 Å². The Morgan fingerprint density at radius 2 is 1.85 bits per heavy atom. The first kappa shape index (κ1) is 20.0. The summed E-state index contributed by atoms with van der Waals surface area (Å²) in [7, 11) is 1.49. The summed E-state index contributed by atoms with van der Waals surface area (Å²) in [6, 6.07) is 10.7. The van der Waals surface area contributed by atoms with Crippen LogP contribution in [0.25, 0.3) is 0 Å². The summed E-state index contributed by atoms with van der Waals surface area (Å²) in [5, 5.41) is 0.694. The lowest BCUT2D eigenvalue weighted by Crippen LogP contribution is -2.31. The standard InChI is InChI=1S/C18H16Cl2FNO4/c1-22(9-12-4-2-3-5-15(12)21)17(23)10-26-18(24)11-25-16-7-6-13(19)8-14(16)20/h2-8H,9-11H2,1H3. The monoisotopic (exact) mass is 399 g/mol. The van der Waals surface area contributed by atoms with Gasteiger partial charge in [-0.25, -0.2) is 9.18 Å². The molecule has 0 N–H and O–H groups in total. The minimum Gasteiger partial charge on any atom is -0.480 e. The van der Waals surface area contributed by atoms with Crippen LogP contribution in [0.5, 0.6) is 5.75 Å². The summed E-state index contributed by atoms with van der Waals surface area (Å²) in [6.07, 6.45) is 0. The predicted octanol–water partition coefficient (Wildman–Crippen LogP) is 3.71. The Labute approximate surface area is 160 Å². The Kier molecular flexibility index (Phi) is 7.24. The highest BCUT2D eigenvalue weighted by Crippen LogP contribution is 2.27. The van der Waals surface area contributed by atoms with E-state index in [0.29, 0.717) is 10.6 Å². The van der Waals surface area contributed by atoms with E-state index in [1.165, 1.54) is 30.1 Å². The Morgan fingerprint density at radius 3 is 2.54 bits per heavy atom. The maximum atomic E-state index is 13.6. The van der Waals surface area contributed by atoms with E-state index in [9.17, 15) is 14.0 Å². The van der Waals surface area contributed by atoms with E-state index in [1.54, 1.807) is 24.3 Å². The molecular weight excluding hydrogens is 384 g/mol. The van der Waals surface area contributed by atoms with Gasteiger partial charge < -0.3 is 14.4 Å². The summed E-state index contributed by atoms with van der Waals surface area (Å²) in [6.45, 7) is -0.812. The van der Waals surface area contributed by atoms with Crippen LogP contribution in [0.2, 0.25) is 10.0 Å². The number of amides is 1. The fourth-order valence-corrected chi connectivity index (χ4v) is 2.46. The second kappa shape index (κ2) is 9.40. The number of carbonyl (C=O) groups is 2. The lowest BCUT2D eigenvalue weighted by Gasteiger charge is -2.17. The highest BCUT2D eigenvalue weighted by atomic mass is 35.5. The zero-order valence-corrected chi connectivity index (χ0v) is 15.4. The maximum Gasteiger partial charge on any atom is 0.344 e. The van der Waals surface area contributed by atoms with Gasteiger partial charge in [-0.2, -0.15) is 0 Å². The van der Waals surface area contributed by atoms with Crippen molar-refractivity contribution in [3.8, 4) is 5.75 Å². The second-order valence-corrected chi connectivity index (χ2v) is 6.21. The molecule has 26 heavy (non-hydrogen) atoms. The molecule has 2 aromatic carbocycles. The fraction of sp³-hybridized carbons (Fsp3) is 0.222. The molecule has 0 atom stereocenters. The number of ether oxygens (including phenoxy) is 2. The van der Waals surface area contributed by atoms with Crippen molar-refractivity contribution in [2.24, 2.45) is 0 Å². The molecule has 0 unspecified atom stereocenters. The van der Waals surface area contributed by atoms with E-state index in [-0.39, 0.29) is 17.3 Å². The molecule has 1 amide bonds. The van der Waals surface area contributed by atoms with Crippen molar-refractivity contribution in [2.75, 3.05) is 20.3 Å². The van der Waals surface area contributed by atoms with Crippen LogP contribution in [0.3, 0.4) is 0 Å². The van der Waals surface area contributed by atoms with Crippen molar-refractivity contribution < 1.29 is 23.5 Å². The molecule has 138 valence electrons. The number of likely N-dealkylation sites (N-methyl/N-ethyl adjacent to an activating group) is 1. The summed E-state index contributed by atoms with van der Waals surface area (Å²) in [5.41, 5.74) is 0.371. The Bertz CT molecular complexity index is 801. The van der Waals surface area contributed by atoms with Crippen molar-refractivity contribution in [1.82, 2.24) is 4.90 Å². The fourth-order valence-electron chi connectivity index (χ4n) is 1.99. The number of esters is 1. The molecule has 8 heteroatoms. The SMILES string of the molecule is CN(Cc1ccccc1F)C(=O)COC(=O)COc1ccc(Cl)cc1Cl. The van der Waals surface area contributed by atoms with Crippen molar-refractivity contribution in [3.05, 3.63) is 63.9 Å². The first-order valence-corrected chi connectivity index (χ1v) is 8.33. The van der Waals surface area contributed by atoms with Crippen molar-refractivity contribution in [1.29, 1.82) is 0 Å². The molecule has 2 aromatic rings. The predicted molar refractivity (Wildman–Crippen MR) is 95.8 cm³/mol. The number of halogens is 3. The third kappa shape index (κ3) is 5.89. The number of hydrogen-bond donors (Lipinski definition) is 0. The van der Waals surface area contributed by atoms with Gasteiger partial charge in [0.05, 0.1) is 5.02 Å². The number of nitrogens with zero attached hydrogens (tertiary/aromatic N) is 1. The van der Waals surface area contributed by atoms with Gasteiger partial charge in [-0.15, -0.1) is 0 Å². The van der Waals surface area contributed by atoms with Crippen LogP contribution in [0, 0.1) is 5.82 Å². The lowest BCUT2D eigenvalue weighted by atomic mass is 10.2. The molecule has 0 saturated carbocycles. The number of carbonyl (C=O) groups excluding carboxylic acids is 2. The van der Waals surface area contributed by atoms with Crippen LogP contribution < -0.4 is 4.74 Å². The zero-order chi connectivity index (χ0) is 19.1. The molecule has 0 heterocycles. The Hall–Kier alpha value is -2.31. The molecule has 0 bridgehead atoms. The third-order valence-electron chi connectivity index (χ3n) is 3.39. The van der Waals surface area contributed by atoms with Gasteiger partial charge >= 0.3 is 5.97 Å². The first-order valence-electron chi connectivity index (χ1n) is 7.57. The molecule has 0 aliphatic rings. The summed E-state index contributed by atoms with van der Waals surface area (Å²) >= 11 is 11.7. The lowest BCUT2D eigenvalue weighted by molar-refractivity contribution is -0.153. The molecule has 0 aromatic heterocycles. The normalized spacial score (nSPS) is 10.3. The van der Waals surface area contributed by atoms with E-state index < -0.39 is 30.9 Å². The van der Waals surface area contributed by atoms with Crippen LogP contribution in [0.4, 0.5) is 4.39 Å². The summed E-state index contributed by atoms with van der Waals surface area (Å²) in [4.78, 5) is 24.9. The second-order valence-electron chi connectivity index (χ2n) is 5.37. The van der Waals surface area contributed by atoms with Gasteiger partial charge in [-0.3, -0.25) is 4.79 Å². The van der Waals surface area contributed by atoms with E-state index in [4.69, 9.17) is 32.7 Å². The molecule has 5 nitrogen and oxygen atoms in total. The van der Waals surface area contributed by atoms with Crippen LogP contribution in [0.1, 0.15) is 5.56 Å². The van der Waals surface area contributed by atoms with Crippen LogP contribution in [-0.4, -0.2) is 37.0 Å². The molecule has 0 radical (unpaired) electrons. The molecule has 0 fully saturated rings. The Morgan fingerprint density at radius 1 is 1.12 bits per heavy atom. The number of rotatable bonds is 7. The van der Waals surface area contributed by atoms with E-state index in [0.717, 1.165) is 0 Å². The van der Waals surface area contributed by atoms with Gasteiger partial charge in [-0.05, 0) is 24.3 Å². The largest absolute Gasteiger partial charge is 0.480 e. The molecule has 0 spiro atoms. The minimum atomic E-state index is -0.733. The summed E-state index contributed by atoms with van der Waals surface area (Å²) < 4.78 is 23.7. The molecule has 0 aliphatic carbocycles. The maximum absolute atomic E-state index is 13.6. The van der Waals surface area contributed by atoms with Gasteiger partial charge in [0, 0.05) is 24.2 Å². The van der Waals surface area contributed by atoms with Gasteiger partial charge in [0.1, 0.15) is 11.6 Å². The highest BCUT2D eigenvalue weighted by molar-refractivity contribution is 6.35. The van der Waals surface area contributed by atoms with Gasteiger partial charge in [-0.1, -0.05) is 41.4 Å². The highest BCUT2D eigenvalue weighted by Gasteiger charge is 2.15. The van der Waals surface area contributed by atoms with Crippen LogP contribution in [0.15, 0.2) is 42.5 Å². The first-order chi connectivity index (χ1) is 12.4. The number of benzene rings is 2. The van der Waals surface area contributed by atoms with Crippen molar-refractivity contribution in [2.45, 2.75) is 6.54 Å². The van der Waals surface area contributed by atoms with Gasteiger partial charge in [0.15, 0.2) is 13.2 Å². The average Bonchev–Trinajstić information content (AvgIpc) is 2.60. The van der Waals surface area contributed by atoms with Crippen LogP contribution >= 0.6 is 23.2 Å². The van der Waals surface area contributed by atoms with E-state index >= 15 is 0 Å². The molecule has 0 aliphatic heterocycles. The smallest absolute Gasteiger partial charge is 0.344 e. The van der Waals surface area contributed by atoms with Gasteiger partial charge in [0.25, 0.3) is 5.91 Å². The quantitative estimate of drug-likeness (QED) is 0.665. The topological polar surface area (TPSA) is 55.8 Å². The van der Waals surface area contributed by atoms with Crippen molar-refractivity contribution in [3.63, 3.8) is 0 Å². The molecule has 0 saturated heterocycles. The summed E-state index contributed by atoms with van der Waals surface area (Å²) in [5.74, 6) is -1.33. The third-order valence-corrected chi connectivity index (χ3v) is 3.92. The molecular formula is C18H16Cl2FNO4. The Balaban J connectivity index is 1.77. The molecule has 2 rings (SSSR count).